The fourth-order valence-corrected chi connectivity index (χ4v) is 4.82. The quantitative estimate of drug-likeness (QED) is 0.235. The summed E-state index contributed by atoms with van der Waals surface area (Å²) in [7, 11) is 1.30. The van der Waals surface area contributed by atoms with Crippen molar-refractivity contribution in [3.05, 3.63) is 69.5 Å². The molecule has 5 rings (SSSR count). The van der Waals surface area contributed by atoms with E-state index in [0.29, 0.717) is 28.1 Å². The van der Waals surface area contributed by atoms with Crippen LogP contribution in [0.5, 0.6) is 0 Å². The Bertz CT molecular complexity index is 1420. The number of thioether (sulfide) groups is 1. The number of oxazole rings is 1. The van der Waals surface area contributed by atoms with Gasteiger partial charge in [-0.25, -0.2) is 14.8 Å². The Labute approximate surface area is 194 Å². The molecule has 0 spiro atoms. The van der Waals surface area contributed by atoms with Crippen LogP contribution in [-0.4, -0.2) is 32.6 Å². The third-order valence-electron chi connectivity index (χ3n) is 5.54. The van der Waals surface area contributed by atoms with Crippen molar-refractivity contribution in [3.63, 3.8) is 0 Å². The van der Waals surface area contributed by atoms with Crippen molar-refractivity contribution in [2.24, 2.45) is 0 Å². The lowest BCUT2D eigenvalue weighted by Gasteiger charge is -2.15. The lowest BCUT2D eigenvalue weighted by molar-refractivity contribution is 0.0602. The van der Waals surface area contributed by atoms with Crippen LogP contribution in [-0.2, 0) is 10.5 Å². The highest BCUT2D eigenvalue weighted by molar-refractivity contribution is 7.98. The first-order valence-corrected chi connectivity index (χ1v) is 11.6. The van der Waals surface area contributed by atoms with Gasteiger partial charge in [-0.2, -0.15) is 4.98 Å². The first-order valence-electron chi connectivity index (χ1n) is 10.6. The van der Waals surface area contributed by atoms with Crippen LogP contribution >= 0.6 is 11.8 Å². The summed E-state index contributed by atoms with van der Waals surface area (Å²) in [6.45, 7) is 3.68. The van der Waals surface area contributed by atoms with E-state index in [2.05, 4.69) is 15.0 Å². The molecule has 168 valence electrons. The van der Waals surface area contributed by atoms with E-state index in [1.165, 1.54) is 18.9 Å². The number of carbonyl (C=O) groups is 1. The number of benzene rings is 1. The molecule has 0 atom stereocenters. The molecule has 3 heterocycles. The molecular weight excluding hydrogens is 440 g/mol. The molecular formula is C24H22N4O4S. The number of aryl methyl sites for hydroxylation is 2. The predicted molar refractivity (Wildman–Crippen MR) is 124 cm³/mol. The molecule has 0 unspecified atom stereocenters. The molecule has 8 nitrogen and oxygen atoms in total. The van der Waals surface area contributed by atoms with Crippen molar-refractivity contribution < 1.29 is 13.9 Å². The average Bonchev–Trinajstić information content (AvgIpc) is 3.58. The highest BCUT2D eigenvalue weighted by atomic mass is 32.2. The summed E-state index contributed by atoms with van der Waals surface area (Å²) in [4.78, 5) is 38.9. The summed E-state index contributed by atoms with van der Waals surface area (Å²) in [6.07, 6.45) is 1.94. The topological polar surface area (TPSA) is 100 Å². The van der Waals surface area contributed by atoms with Crippen molar-refractivity contribution in [1.29, 1.82) is 0 Å². The van der Waals surface area contributed by atoms with Gasteiger partial charge >= 0.3 is 5.97 Å². The minimum absolute atomic E-state index is 0.196. The first kappa shape index (κ1) is 21.4. The van der Waals surface area contributed by atoms with Crippen LogP contribution in [0.2, 0.25) is 0 Å². The largest absolute Gasteiger partial charge is 0.465 e. The SMILES string of the molecule is COC(=O)c1cc(C)nc2c1c(=O)nc(SCc1nc(-c3ccccc3)oc1C)n2C1CC1. The molecule has 0 N–H and O–H groups in total. The van der Waals surface area contributed by atoms with Gasteiger partial charge in [0, 0.05) is 23.1 Å². The Balaban J connectivity index is 1.55. The zero-order valence-electron chi connectivity index (χ0n) is 18.5. The second kappa shape index (κ2) is 8.47. The van der Waals surface area contributed by atoms with Crippen LogP contribution in [0, 0.1) is 13.8 Å². The van der Waals surface area contributed by atoms with Crippen molar-refractivity contribution in [3.8, 4) is 11.5 Å². The molecule has 3 aromatic heterocycles. The van der Waals surface area contributed by atoms with Gasteiger partial charge in [-0.05, 0) is 44.9 Å². The molecule has 0 bridgehead atoms. The van der Waals surface area contributed by atoms with Crippen molar-refractivity contribution in [2.45, 2.75) is 43.6 Å². The second-order valence-electron chi connectivity index (χ2n) is 7.98. The van der Waals surface area contributed by atoms with E-state index in [-0.39, 0.29) is 17.0 Å². The molecule has 9 heteroatoms. The zero-order valence-corrected chi connectivity index (χ0v) is 19.3. The van der Waals surface area contributed by atoms with Crippen LogP contribution in [0.3, 0.4) is 0 Å². The van der Waals surface area contributed by atoms with Crippen LogP contribution in [0.1, 0.15) is 46.4 Å². The maximum absolute atomic E-state index is 13.0. The van der Waals surface area contributed by atoms with Crippen LogP contribution < -0.4 is 5.56 Å². The van der Waals surface area contributed by atoms with Gasteiger partial charge in [-0.15, -0.1) is 0 Å². The highest BCUT2D eigenvalue weighted by Crippen LogP contribution is 2.40. The number of ether oxygens (including phenoxy) is 1. The number of aromatic nitrogens is 4. The molecule has 33 heavy (non-hydrogen) atoms. The molecule has 1 aliphatic rings. The lowest BCUT2D eigenvalue weighted by Crippen LogP contribution is -2.20. The number of rotatable bonds is 6. The smallest absolute Gasteiger partial charge is 0.338 e. The maximum Gasteiger partial charge on any atom is 0.338 e. The van der Waals surface area contributed by atoms with E-state index in [4.69, 9.17) is 9.15 Å². The second-order valence-corrected chi connectivity index (χ2v) is 8.92. The summed E-state index contributed by atoms with van der Waals surface area (Å²) in [5, 5.41) is 0.764. The Kier molecular flexibility index (Phi) is 5.49. The fraction of sp³-hybridized carbons (Fsp3) is 0.292. The lowest BCUT2D eigenvalue weighted by atomic mass is 10.1. The number of hydrogen-bond acceptors (Lipinski definition) is 8. The van der Waals surface area contributed by atoms with E-state index >= 15 is 0 Å². The van der Waals surface area contributed by atoms with E-state index < -0.39 is 11.5 Å². The van der Waals surface area contributed by atoms with Crippen LogP contribution in [0.15, 0.2) is 50.8 Å². The maximum atomic E-state index is 13.0. The number of hydrogen-bond donors (Lipinski definition) is 0. The zero-order chi connectivity index (χ0) is 23.1. The van der Waals surface area contributed by atoms with Gasteiger partial charge < -0.3 is 13.7 Å². The Morgan fingerprint density at radius 2 is 1.94 bits per heavy atom. The van der Waals surface area contributed by atoms with Gasteiger partial charge in [0.1, 0.15) is 11.4 Å². The van der Waals surface area contributed by atoms with E-state index in [1.807, 2.05) is 41.8 Å². The molecule has 0 saturated heterocycles. The molecule has 1 aromatic carbocycles. The van der Waals surface area contributed by atoms with Gasteiger partial charge in [0.25, 0.3) is 5.56 Å². The van der Waals surface area contributed by atoms with Gasteiger partial charge in [0.2, 0.25) is 5.89 Å². The third-order valence-corrected chi connectivity index (χ3v) is 6.51. The summed E-state index contributed by atoms with van der Waals surface area (Å²) in [5.41, 5.74) is 2.52. The minimum Gasteiger partial charge on any atom is -0.465 e. The van der Waals surface area contributed by atoms with E-state index in [1.54, 1.807) is 13.0 Å². The highest BCUT2D eigenvalue weighted by Gasteiger charge is 2.30. The molecule has 1 saturated carbocycles. The van der Waals surface area contributed by atoms with E-state index in [9.17, 15) is 9.59 Å². The number of methoxy groups -OCH3 is 1. The standard InChI is InChI=1S/C24H22N4O4S/c1-13-11-17(23(30)31-3)19-20(25-13)28(16-9-10-16)24(27-21(19)29)33-12-18-14(2)32-22(26-18)15-7-5-4-6-8-15/h4-8,11,16H,9-10,12H2,1-3H3. The van der Waals surface area contributed by atoms with Crippen LogP contribution in [0.4, 0.5) is 0 Å². The molecule has 4 aromatic rings. The Hall–Kier alpha value is -3.46. The summed E-state index contributed by atoms with van der Waals surface area (Å²) in [5.74, 6) is 1.21. The predicted octanol–water partition coefficient (Wildman–Crippen LogP) is 4.48. The molecule has 1 fully saturated rings. The monoisotopic (exact) mass is 462 g/mol. The molecule has 1 aliphatic carbocycles. The van der Waals surface area contributed by atoms with E-state index in [0.717, 1.165) is 29.9 Å². The average molecular weight is 463 g/mol. The summed E-state index contributed by atoms with van der Waals surface area (Å²) >= 11 is 1.42. The fourth-order valence-electron chi connectivity index (χ4n) is 3.76. The normalized spacial score (nSPS) is 13.4. The van der Waals surface area contributed by atoms with Gasteiger partial charge in [0.15, 0.2) is 5.16 Å². The number of pyridine rings is 1. The minimum atomic E-state index is -0.571. The first-order chi connectivity index (χ1) is 16.0. The number of fused-ring (bicyclic) bond motifs is 1. The number of nitrogens with zero attached hydrogens (tertiary/aromatic N) is 4. The molecule has 0 aliphatic heterocycles. The number of carbonyl (C=O) groups excluding carboxylic acids is 1. The Morgan fingerprint density at radius 3 is 2.64 bits per heavy atom. The van der Waals surface area contributed by atoms with Crippen molar-refractivity contribution >= 4 is 28.8 Å². The van der Waals surface area contributed by atoms with Gasteiger partial charge in [-0.3, -0.25) is 4.79 Å². The number of esters is 1. The Morgan fingerprint density at radius 1 is 1.18 bits per heavy atom. The van der Waals surface area contributed by atoms with Gasteiger partial charge in [-0.1, -0.05) is 30.0 Å². The third kappa shape index (κ3) is 4.04. The molecule has 0 radical (unpaired) electrons. The van der Waals surface area contributed by atoms with Crippen molar-refractivity contribution in [2.75, 3.05) is 7.11 Å². The van der Waals surface area contributed by atoms with Crippen molar-refractivity contribution in [1.82, 2.24) is 19.5 Å². The molecule has 0 amide bonds. The summed E-state index contributed by atoms with van der Waals surface area (Å²) in [6, 6.07) is 11.5. The van der Waals surface area contributed by atoms with Gasteiger partial charge in [0.05, 0.1) is 23.8 Å². The van der Waals surface area contributed by atoms with Crippen LogP contribution in [0.25, 0.3) is 22.5 Å². The summed E-state index contributed by atoms with van der Waals surface area (Å²) < 4.78 is 12.7.